The summed E-state index contributed by atoms with van der Waals surface area (Å²) in [5.74, 6) is -0.611. The van der Waals surface area contributed by atoms with Gasteiger partial charge < -0.3 is 4.72 Å². The van der Waals surface area contributed by atoms with Crippen LogP contribution in [-0.4, -0.2) is 11.6 Å². The van der Waals surface area contributed by atoms with Crippen LogP contribution in [-0.2, 0) is 0 Å². The maximum absolute atomic E-state index is 12.5. The van der Waals surface area contributed by atoms with Gasteiger partial charge in [0.2, 0.25) is 11.6 Å². The molecule has 2 aromatic carbocycles. The Bertz CT molecular complexity index is 802. The Balaban J connectivity index is 1.87. The van der Waals surface area contributed by atoms with E-state index in [0.717, 1.165) is 9.37 Å². The summed E-state index contributed by atoms with van der Waals surface area (Å²) < 4.78 is 3.87. The predicted molar refractivity (Wildman–Crippen MR) is 91.1 cm³/mol. The molecule has 6 heteroatoms. The highest BCUT2D eigenvalue weighted by atomic mass is 79.9. The van der Waals surface area contributed by atoms with E-state index in [4.69, 9.17) is 11.6 Å². The maximum Gasteiger partial charge on any atom is 0.212 e. The molecule has 0 amide bonds. The van der Waals surface area contributed by atoms with Gasteiger partial charge in [-0.1, -0.05) is 51.8 Å². The molecule has 0 radical (unpaired) electrons. The summed E-state index contributed by atoms with van der Waals surface area (Å²) in [6.45, 7) is 0. The minimum atomic E-state index is -0.337. The number of carbonyl (C=O) groups is 2. The zero-order chi connectivity index (χ0) is 15.7. The Kier molecular flexibility index (Phi) is 4.38. The van der Waals surface area contributed by atoms with E-state index >= 15 is 0 Å². The van der Waals surface area contributed by atoms with E-state index < -0.39 is 0 Å². The first-order chi connectivity index (χ1) is 10.6. The van der Waals surface area contributed by atoms with Gasteiger partial charge >= 0.3 is 0 Å². The summed E-state index contributed by atoms with van der Waals surface area (Å²) in [5.41, 5.74) is 0.839. The Hall–Kier alpha value is -1.56. The average Bonchev–Trinajstić information content (AvgIpc) is 2.54. The highest BCUT2D eigenvalue weighted by Gasteiger charge is 2.31. The molecule has 0 unspecified atom stereocenters. The van der Waals surface area contributed by atoms with Gasteiger partial charge in [-0.15, -0.1) is 0 Å². The first-order valence-electron chi connectivity index (χ1n) is 6.34. The lowest BCUT2D eigenvalue weighted by Crippen LogP contribution is -2.25. The number of ketones is 2. The molecule has 0 aromatic heterocycles. The highest BCUT2D eigenvalue weighted by Crippen LogP contribution is 2.29. The second kappa shape index (κ2) is 6.28. The molecule has 0 spiro atoms. The van der Waals surface area contributed by atoms with E-state index in [-0.39, 0.29) is 22.3 Å². The molecule has 1 aliphatic rings. The standard InChI is InChI=1S/C16H9BrClNO2S/c17-9-5-7-10(8-6-9)22-19-14-13(18)15(20)11-3-1-2-4-12(11)16(14)21/h1-8,19H. The molecule has 1 N–H and O–H groups in total. The van der Waals surface area contributed by atoms with Crippen LogP contribution in [0.1, 0.15) is 20.7 Å². The van der Waals surface area contributed by atoms with Crippen LogP contribution < -0.4 is 4.72 Å². The van der Waals surface area contributed by atoms with Crippen LogP contribution >= 0.6 is 39.5 Å². The van der Waals surface area contributed by atoms with E-state index in [0.29, 0.717) is 11.1 Å². The van der Waals surface area contributed by atoms with Gasteiger partial charge in [0.25, 0.3) is 0 Å². The van der Waals surface area contributed by atoms with Gasteiger partial charge in [0.15, 0.2) is 0 Å². The molecule has 0 atom stereocenters. The number of Topliss-reactive ketones (excluding diaryl/α,β-unsaturated/α-hetero) is 2. The third kappa shape index (κ3) is 2.84. The lowest BCUT2D eigenvalue weighted by molar-refractivity contribution is 0.0978. The van der Waals surface area contributed by atoms with Crippen molar-refractivity contribution in [1.29, 1.82) is 0 Å². The zero-order valence-corrected chi connectivity index (χ0v) is 14.3. The number of halogens is 2. The summed E-state index contributed by atoms with van der Waals surface area (Å²) >= 11 is 10.7. The third-order valence-electron chi connectivity index (χ3n) is 3.15. The minimum Gasteiger partial charge on any atom is -0.321 e. The summed E-state index contributed by atoms with van der Waals surface area (Å²) in [7, 11) is 0. The predicted octanol–water partition coefficient (Wildman–Crippen LogP) is 4.58. The van der Waals surface area contributed by atoms with Gasteiger partial charge in [-0.25, -0.2) is 0 Å². The molecule has 0 fully saturated rings. The van der Waals surface area contributed by atoms with E-state index in [9.17, 15) is 9.59 Å². The van der Waals surface area contributed by atoms with E-state index in [1.807, 2.05) is 24.3 Å². The molecular weight excluding hydrogens is 386 g/mol. The molecule has 0 saturated carbocycles. The van der Waals surface area contributed by atoms with Gasteiger partial charge in [0.1, 0.15) is 10.7 Å². The maximum atomic E-state index is 12.5. The van der Waals surface area contributed by atoms with Crippen molar-refractivity contribution in [3.63, 3.8) is 0 Å². The van der Waals surface area contributed by atoms with Crippen molar-refractivity contribution in [2.45, 2.75) is 4.90 Å². The lowest BCUT2D eigenvalue weighted by atomic mass is 9.93. The van der Waals surface area contributed by atoms with Crippen LogP contribution in [0.2, 0.25) is 0 Å². The first-order valence-corrected chi connectivity index (χ1v) is 8.33. The van der Waals surface area contributed by atoms with Crippen molar-refractivity contribution in [3.05, 3.63) is 74.9 Å². The van der Waals surface area contributed by atoms with E-state index in [1.165, 1.54) is 11.9 Å². The fourth-order valence-corrected chi connectivity index (χ4v) is 3.29. The summed E-state index contributed by atoms with van der Waals surface area (Å²) in [6.07, 6.45) is 0. The minimum absolute atomic E-state index is 0.0756. The Morgan fingerprint density at radius 2 is 1.50 bits per heavy atom. The SMILES string of the molecule is O=C1C(Cl)=C(NSc2ccc(Br)cc2)C(=O)c2ccccc21. The average molecular weight is 395 g/mol. The van der Waals surface area contributed by atoms with Crippen molar-refractivity contribution in [2.75, 3.05) is 0 Å². The monoisotopic (exact) mass is 393 g/mol. The molecule has 0 aliphatic heterocycles. The largest absolute Gasteiger partial charge is 0.321 e. The summed E-state index contributed by atoms with van der Waals surface area (Å²) in [6, 6.07) is 14.2. The van der Waals surface area contributed by atoms with Crippen molar-refractivity contribution >= 4 is 51.0 Å². The Labute approximate surface area is 145 Å². The number of allylic oxidation sites excluding steroid dienone is 2. The van der Waals surface area contributed by atoms with Crippen molar-refractivity contribution in [3.8, 4) is 0 Å². The third-order valence-corrected chi connectivity index (χ3v) is 4.85. The molecular formula is C16H9BrClNO2S. The summed E-state index contributed by atoms with van der Waals surface area (Å²) in [4.78, 5) is 25.6. The van der Waals surface area contributed by atoms with Crippen LogP contribution in [0, 0.1) is 0 Å². The van der Waals surface area contributed by atoms with Crippen LogP contribution in [0.4, 0.5) is 0 Å². The van der Waals surface area contributed by atoms with Crippen LogP contribution in [0.3, 0.4) is 0 Å². The van der Waals surface area contributed by atoms with Crippen molar-refractivity contribution < 1.29 is 9.59 Å². The number of carbonyl (C=O) groups excluding carboxylic acids is 2. The number of benzene rings is 2. The van der Waals surface area contributed by atoms with Gasteiger partial charge in [0, 0.05) is 20.5 Å². The molecule has 22 heavy (non-hydrogen) atoms. The molecule has 0 heterocycles. The highest BCUT2D eigenvalue weighted by molar-refractivity contribution is 9.10. The van der Waals surface area contributed by atoms with Crippen LogP contribution in [0.25, 0.3) is 0 Å². The van der Waals surface area contributed by atoms with E-state index in [1.54, 1.807) is 24.3 Å². The molecule has 110 valence electrons. The van der Waals surface area contributed by atoms with Gasteiger partial charge in [-0.05, 0) is 36.2 Å². The van der Waals surface area contributed by atoms with Crippen molar-refractivity contribution in [2.24, 2.45) is 0 Å². The quantitative estimate of drug-likeness (QED) is 0.774. The number of hydrogen-bond acceptors (Lipinski definition) is 4. The lowest BCUT2D eigenvalue weighted by Gasteiger charge is -2.18. The Morgan fingerprint density at radius 1 is 0.909 bits per heavy atom. The van der Waals surface area contributed by atoms with Crippen molar-refractivity contribution in [1.82, 2.24) is 4.72 Å². The van der Waals surface area contributed by atoms with E-state index in [2.05, 4.69) is 20.7 Å². The zero-order valence-electron chi connectivity index (χ0n) is 11.1. The van der Waals surface area contributed by atoms with Gasteiger partial charge in [-0.3, -0.25) is 9.59 Å². The van der Waals surface area contributed by atoms with Gasteiger partial charge in [-0.2, -0.15) is 0 Å². The molecule has 0 saturated heterocycles. The molecule has 0 bridgehead atoms. The second-order valence-corrected chi connectivity index (χ2v) is 6.72. The number of rotatable bonds is 3. The number of fused-ring (bicyclic) bond motifs is 1. The fraction of sp³-hybridized carbons (Fsp3) is 0. The van der Waals surface area contributed by atoms with Crippen LogP contribution in [0.15, 0.2) is 68.6 Å². The smallest absolute Gasteiger partial charge is 0.212 e. The number of nitrogens with one attached hydrogen (secondary N) is 1. The second-order valence-electron chi connectivity index (χ2n) is 4.55. The Morgan fingerprint density at radius 3 is 2.14 bits per heavy atom. The first kappa shape index (κ1) is 15.3. The summed E-state index contributed by atoms with van der Waals surface area (Å²) in [5, 5.41) is -0.0756. The van der Waals surface area contributed by atoms with Gasteiger partial charge in [0.05, 0.1) is 0 Å². The molecule has 2 aromatic rings. The molecule has 3 nitrogen and oxygen atoms in total. The molecule has 3 rings (SSSR count). The fourth-order valence-electron chi connectivity index (χ4n) is 2.05. The van der Waals surface area contributed by atoms with Crippen LogP contribution in [0.5, 0.6) is 0 Å². The molecule has 1 aliphatic carbocycles. The normalized spacial score (nSPS) is 14.1. The topological polar surface area (TPSA) is 46.2 Å². The number of hydrogen-bond donors (Lipinski definition) is 1.